The highest BCUT2D eigenvalue weighted by molar-refractivity contribution is 5.56. The number of hydrogen-bond donors (Lipinski definition) is 0. The molecule has 0 atom stereocenters. The van der Waals surface area contributed by atoms with Crippen LogP contribution in [0.15, 0.2) is 5.10 Å². The smallest absolute Gasteiger partial charge is 0.190 e. The molecule has 0 aliphatic rings. The molecule has 0 heterocycles. The summed E-state index contributed by atoms with van der Waals surface area (Å²) in [4.78, 5) is 9.34. The summed E-state index contributed by atoms with van der Waals surface area (Å²) in [6, 6.07) is 0. The first-order valence-electron chi connectivity index (χ1n) is 1.73. The van der Waals surface area contributed by atoms with E-state index in [1.807, 2.05) is 0 Å². The van der Waals surface area contributed by atoms with Gasteiger partial charge in [-0.05, 0) is 13.3 Å². The highest BCUT2D eigenvalue weighted by atomic mass is 16.7. The largest absolute Gasteiger partial charge is 0.233 e. The third-order valence-corrected chi connectivity index (χ3v) is 0.305. The fourth-order valence-electron chi connectivity index (χ4n) is 0.124. The molecule has 0 saturated carbocycles. The van der Waals surface area contributed by atoms with E-state index in [0.717, 1.165) is 6.21 Å². The first-order chi connectivity index (χ1) is 3.27. The Hall–Kier alpha value is -0.930. The molecule has 4 nitrogen and oxygen atoms in total. The second-order valence-corrected chi connectivity index (χ2v) is 0.825. The maximum Gasteiger partial charge on any atom is 0.190 e. The molecular formula is C3H5N2O2. The maximum atomic E-state index is 9.34. The molecule has 0 aliphatic carbocycles. The highest BCUT2D eigenvalue weighted by Crippen LogP contribution is 1.68. The monoisotopic (exact) mass is 101 g/mol. The average molecular weight is 101 g/mol. The topological polar surface area (TPSA) is 55.5 Å². The minimum atomic E-state index is -0.759. The van der Waals surface area contributed by atoms with E-state index in [-0.39, 0.29) is 0 Å². The zero-order chi connectivity index (χ0) is 5.70. The molecule has 0 saturated heterocycles. The molecule has 4 heteroatoms. The molecule has 7 heavy (non-hydrogen) atoms. The summed E-state index contributed by atoms with van der Waals surface area (Å²) in [5.74, 6) is 0. The first kappa shape index (κ1) is 6.07. The Balaban J connectivity index is 3.26. The van der Waals surface area contributed by atoms with E-state index in [0.29, 0.717) is 6.42 Å². The molecule has 0 bridgehead atoms. The Bertz CT molecular complexity index is 88.9. The lowest BCUT2D eigenvalue weighted by Gasteiger charge is -1.70. The van der Waals surface area contributed by atoms with Crippen molar-refractivity contribution < 1.29 is 5.03 Å². The van der Waals surface area contributed by atoms with Gasteiger partial charge in [-0.3, -0.25) is 0 Å². The molecule has 0 aromatic heterocycles. The van der Waals surface area contributed by atoms with Gasteiger partial charge in [0.1, 0.15) is 0 Å². The van der Waals surface area contributed by atoms with Crippen molar-refractivity contribution in [2.45, 2.75) is 6.42 Å². The van der Waals surface area contributed by atoms with Crippen molar-refractivity contribution in [2.24, 2.45) is 5.10 Å². The summed E-state index contributed by atoms with van der Waals surface area (Å²) in [6.07, 6.45) is 1.50. The van der Waals surface area contributed by atoms with Crippen molar-refractivity contribution in [3.63, 3.8) is 0 Å². The minimum Gasteiger partial charge on any atom is -0.233 e. The van der Waals surface area contributed by atoms with Crippen molar-refractivity contribution in [1.82, 2.24) is 0 Å². The highest BCUT2D eigenvalue weighted by Gasteiger charge is 1.79. The first-order valence-corrected chi connectivity index (χ1v) is 1.73. The maximum absolute atomic E-state index is 9.34. The molecule has 1 radical (unpaired) electrons. The van der Waals surface area contributed by atoms with E-state index < -0.39 is 5.03 Å². The molecule has 0 aromatic carbocycles. The van der Waals surface area contributed by atoms with Gasteiger partial charge in [-0.1, -0.05) is 0 Å². The van der Waals surface area contributed by atoms with Crippen LogP contribution in [-0.2, 0) is 0 Å². The van der Waals surface area contributed by atoms with Crippen molar-refractivity contribution in [3.05, 3.63) is 17.0 Å². The van der Waals surface area contributed by atoms with Crippen LogP contribution < -0.4 is 0 Å². The van der Waals surface area contributed by atoms with Gasteiger partial charge in [-0.25, -0.2) is 10.1 Å². The summed E-state index contributed by atoms with van der Waals surface area (Å²) in [5.41, 5.74) is 0. The molecule has 0 unspecified atom stereocenters. The second-order valence-electron chi connectivity index (χ2n) is 0.825. The number of nitro groups is 1. The predicted molar refractivity (Wildman–Crippen MR) is 25.5 cm³/mol. The molecule has 0 spiro atoms. The Morgan fingerprint density at radius 3 is 2.71 bits per heavy atom. The summed E-state index contributed by atoms with van der Waals surface area (Å²) in [5, 5.41) is 11.4. The molecule has 0 aromatic rings. The van der Waals surface area contributed by atoms with Gasteiger partial charge in [0.15, 0.2) is 5.03 Å². The normalized spacial score (nSPS) is 9.86. The zero-order valence-electron chi connectivity index (χ0n) is 3.70. The van der Waals surface area contributed by atoms with Crippen molar-refractivity contribution in [3.8, 4) is 0 Å². The molecular weight excluding hydrogens is 96.0 g/mol. The van der Waals surface area contributed by atoms with E-state index in [2.05, 4.69) is 12.0 Å². The van der Waals surface area contributed by atoms with Gasteiger partial charge in [-0.15, -0.1) is 0 Å². The van der Waals surface area contributed by atoms with Crippen molar-refractivity contribution in [2.75, 3.05) is 0 Å². The van der Waals surface area contributed by atoms with Crippen LogP contribution in [0.5, 0.6) is 0 Å². The molecule has 0 fully saturated rings. The van der Waals surface area contributed by atoms with Gasteiger partial charge in [0, 0.05) is 0 Å². The molecule has 39 valence electrons. The van der Waals surface area contributed by atoms with E-state index in [4.69, 9.17) is 0 Å². The van der Waals surface area contributed by atoms with E-state index in [9.17, 15) is 10.1 Å². The van der Waals surface area contributed by atoms with E-state index in [1.54, 1.807) is 0 Å². The standard InChI is InChI=1S/C3H5N2O2/c1-2-3-4-5(6)7/h3H,1-2H2/b4-3+. The lowest BCUT2D eigenvalue weighted by molar-refractivity contribution is -0.484. The molecule has 0 aliphatic heterocycles. The van der Waals surface area contributed by atoms with Crippen LogP contribution in [0.25, 0.3) is 0 Å². The predicted octanol–water partition coefficient (Wildman–Crippen LogP) is 0.473. The molecule has 0 amide bonds. The average Bonchev–Trinajstić information content (AvgIpc) is 1.61. The van der Waals surface area contributed by atoms with Gasteiger partial charge < -0.3 is 0 Å². The van der Waals surface area contributed by atoms with Crippen LogP contribution in [0.4, 0.5) is 0 Å². The Morgan fingerprint density at radius 2 is 2.57 bits per heavy atom. The van der Waals surface area contributed by atoms with Crippen LogP contribution in [0.2, 0.25) is 0 Å². The summed E-state index contributed by atoms with van der Waals surface area (Å²) >= 11 is 0. The number of rotatable bonds is 2. The van der Waals surface area contributed by atoms with Crippen molar-refractivity contribution >= 4 is 6.21 Å². The Morgan fingerprint density at radius 1 is 2.00 bits per heavy atom. The van der Waals surface area contributed by atoms with Crippen LogP contribution in [0, 0.1) is 17.0 Å². The Labute approximate surface area is 41.0 Å². The van der Waals surface area contributed by atoms with Crippen LogP contribution in [0.1, 0.15) is 6.42 Å². The van der Waals surface area contributed by atoms with Gasteiger partial charge >= 0.3 is 0 Å². The second kappa shape index (κ2) is 3.27. The Kier molecular flexibility index (Phi) is 2.83. The van der Waals surface area contributed by atoms with Gasteiger partial charge in [0.2, 0.25) is 0 Å². The lowest BCUT2D eigenvalue weighted by Crippen LogP contribution is -1.83. The van der Waals surface area contributed by atoms with E-state index in [1.165, 1.54) is 0 Å². The quantitative estimate of drug-likeness (QED) is 0.288. The van der Waals surface area contributed by atoms with Crippen LogP contribution in [-0.4, -0.2) is 11.2 Å². The number of hydrazone groups is 1. The van der Waals surface area contributed by atoms with Crippen molar-refractivity contribution in [1.29, 1.82) is 0 Å². The SMILES string of the molecule is [CH2]C/C=N/[N+](=O)[O-]. The summed E-state index contributed by atoms with van der Waals surface area (Å²) in [6.45, 7) is 3.30. The third kappa shape index (κ3) is 5.07. The van der Waals surface area contributed by atoms with Gasteiger partial charge in [-0.2, -0.15) is 0 Å². The molecule has 0 N–H and O–H groups in total. The fourth-order valence-corrected chi connectivity index (χ4v) is 0.124. The zero-order valence-corrected chi connectivity index (χ0v) is 3.70. The minimum absolute atomic E-state index is 0.362. The summed E-state index contributed by atoms with van der Waals surface area (Å²) in [7, 11) is 0. The number of hydrogen-bond acceptors (Lipinski definition) is 2. The summed E-state index contributed by atoms with van der Waals surface area (Å²) < 4.78 is 0. The van der Waals surface area contributed by atoms with Gasteiger partial charge in [0.05, 0.1) is 11.3 Å². The fraction of sp³-hybridized carbons (Fsp3) is 0.333. The van der Waals surface area contributed by atoms with Crippen LogP contribution >= 0.6 is 0 Å². The van der Waals surface area contributed by atoms with Gasteiger partial charge in [0.25, 0.3) is 0 Å². The third-order valence-electron chi connectivity index (χ3n) is 0.305. The number of nitrogens with zero attached hydrogens (tertiary/aromatic N) is 2. The van der Waals surface area contributed by atoms with Crippen LogP contribution in [0.3, 0.4) is 0 Å². The lowest BCUT2D eigenvalue weighted by atomic mass is 10.6. The molecule has 0 rings (SSSR count). The van der Waals surface area contributed by atoms with E-state index >= 15 is 0 Å².